The summed E-state index contributed by atoms with van der Waals surface area (Å²) >= 11 is 0. The molecule has 1 amide bonds. The van der Waals surface area contributed by atoms with Gasteiger partial charge in [0.1, 0.15) is 0 Å². The van der Waals surface area contributed by atoms with Crippen molar-refractivity contribution >= 4 is 11.9 Å². The minimum absolute atomic E-state index is 0.248. The number of amides is 1. The lowest BCUT2D eigenvalue weighted by Crippen LogP contribution is -2.36. The Morgan fingerprint density at radius 2 is 1.50 bits per heavy atom. The van der Waals surface area contributed by atoms with Crippen LogP contribution >= 0.6 is 0 Å². The molecule has 0 spiro atoms. The first-order chi connectivity index (χ1) is 10.3. The maximum absolute atomic E-state index is 13.0. The van der Waals surface area contributed by atoms with Gasteiger partial charge in [0.15, 0.2) is 0 Å². The Kier molecular flexibility index (Phi) is 5.34. The first-order valence-corrected chi connectivity index (χ1v) is 7.89. The summed E-state index contributed by atoms with van der Waals surface area (Å²) in [4.78, 5) is 24.7. The van der Waals surface area contributed by atoms with Crippen molar-refractivity contribution in [2.75, 3.05) is 13.1 Å². The quantitative estimate of drug-likeness (QED) is 0.850. The molecular formula is C15H22F3NO3. The number of carboxylic acids is 1. The normalized spacial score (nSPS) is 28.2. The van der Waals surface area contributed by atoms with E-state index in [9.17, 15) is 22.8 Å². The average Bonchev–Trinajstić information content (AvgIpc) is 2.82. The second-order valence-corrected chi connectivity index (χ2v) is 6.38. The molecule has 0 aromatic heterocycles. The predicted octanol–water partition coefficient (Wildman–Crippen LogP) is 3.07. The van der Waals surface area contributed by atoms with Gasteiger partial charge >= 0.3 is 12.1 Å². The van der Waals surface area contributed by atoms with Crippen LogP contribution in [0.3, 0.4) is 0 Å². The van der Waals surface area contributed by atoms with Gasteiger partial charge in [-0.25, -0.2) is 0 Å². The Morgan fingerprint density at radius 3 is 1.95 bits per heavy atom. The first kappa shape index (κ1) is 17.1. The summed E-state index contributed by atoms with van der Waals surface area (Å²) in [5, 5.41) is 9.00. The van der Waals surface area contributed by atoms with Gasteiger partial charge in [-0.15, -0.1) is 0 Å². The fourth-order valence-corrected chi connectivity index (χ4v) is 3.53. The van der Waals surface area contributed by atoms with Crippen molar-refractivity contribution in [2.24, 2.45) is 17.8 Å². The van der Waals surface area contributed by atoms with Crippen molar-refractivity contribution in [1.82, 2.24) is 4.90 Å². The molecule has 1 saturated heterocycles. The third-order valence-electron chi connectivity index (χ3n) is 4.82. The van der Waals surface area contributed by atoms with Crippen molar-refractivity contribution in [3.05, 3.63) is 0 Å². The van der Waals surface area contributed by atoms with Gasteiger partial charge in [0.2, 0.25) is 5.91 Å². The summed E-state index contributed by atoms with van der Waals surface area (Å²) in [7, 11) is 0. The lowest BCUT2D eigenvalue weighted by atomic mass is 9.90. The monoisotopic (exact) mass is 321 g/mol. The summed E-state index contributed by atoms with van der Waals surface area (Å²) in [6, 6.07) is 0. The fourth-order valence-electron chi connectivity index (χ4n) is 3.53. The Morgan fingerprint density at radius 1 is 0.955 bits per heavy atom. The summed E-state index contributed by atoms with van der Waals surface area (Å²) in [5.41, 5.74) is 0. The second kappa shape index (κ2) is 6.87. The van der Waals surface area contributed by atoms with Crippen LogP contribution in [0.5, 0.6) is 0 Å². The molecule has 1 aliphatic carbocycles. The molecule has 2 fully saturated rings. The summed E-state index contributed by atoms with van der Waals surface area (Å²) in [5.74, 6) is -5.52. The standard InChI is InChI=1S/C15H22F3NO3/c16-15(17,18)12-9-19(8-11(12)14(21)22)13(20)10-6-4-2-1-3-5-7-10/h10-12H,1-9H2,(H,21,22)/t11-,12-/m1/s1. The van der Waals surface area contributed by atoms with E-state index in [1.165, 1.54) is 0 Å². The van der Waals surface area contributed by atoms with Gasteiger partial charge in [0.05, 0.1) is 11.8 Å². The van der Waals surface area contributed by atoms with Gasteiger partial charge in [-0.3, -0.25) is 9.59 Å². The smallest absolute Gasteiger partial charge is 0.394 e. The van der Waals surface area contributed by atoms with E-state index in [0.717, 1.165) is 37.0 Å². The third kappa shape index (κ3) is 3.93. The summed E-state index contributed by atoms with van der Waals surface area (Å²) < 4.78 is 38.9. The van der Waals surface area contributed by atoms with E-state index in [4.69, 9.17) is 5.11 Å². The van der Waals surface area contributed by atoms with Crippen molar-refractivity contribution in [3.63, 3.8) is 0 Å². The lowest BCUT2D eigenvalue weighted by Gasteiger charge is -2.25. The van der Waals surface area contributed by atoms with Crippen LogP contribution in [0.2, 0.25) is 0 Å². The van der Waals surface area contributed by atoms with Crippen LogP contribution in [0.1, 0.15) is 44.9 Å². The number of rotatable bonds is 2. The average molecular weight is 321 g/mol. The van der Waals surface area contributed by atoms with Crippen LogP contribution in [0.25, 0.3) is 0 Å². The molecule has 2 atom stereocenters. The number of carbonyl (C=O) groups is 2. The fraction of sp³-hybridized carbons (Fsp3) is 0.867. The molecule has 1 saturated carbocycles. The Balaban J connectivity index is 2.05. The van der Waals surface area contributed by atoms with Crippen molar-refractivity contribution < 1.29 is 27.9 Å². The molecule has 4 nitrogen and oxygen atoms in total. The Labute approximate surface area is 127 Å². The Hall–Kier alpha value is -1.27. The largest absolute Gasteiger partial charge is 0.481 e. The maximum Gasteiger partial charge on any atom is 0.394 e. The van der Waals surface area contributed by atoms with Crippen LogP contribution < -0.4 is 0 Å². The van der Waals surface area contributed by atoms with E-state index >= 15 is 0 Å². The van der Waals surface area contributed by atoms with Gasteiger partial charge in [-0.05, 0) is 12.8 Å². The van der Waals surface area contributed by atoms with E-state index in [1.807, 2.05) is 0 Å². The molecule has 22 heavy (non-hydrogen) atoms. The number of halogens is 3. The van der Waals surface area contributed by atoms with E-state index in [1.54, 1.807) is 0 Å². The molecular weight excluding hydrogens is 299 g/mol. The zero-order valence-electron chi connectivity index (χ0n) is 12.4. The number of nitrogens with zero attached hydrogens (tertiary/aromatic N) is 1. The molecule has 1 N–H and O–H groups in total. The van der Waals surface area contributed by atoms with Crippen LogP contribution in [-0.4, -0.2) is 41.1 Å². The minimum Gasteiger partial charge on any atom is -0.481 e. The highest BCUT2D eigenvalue weighted by atomic mass is 19.4. The van der Waals surface area contributed by atoms with Gasteiger partial charge in [0.25, 0.3) is 0 Å². The molecule has 1 heterocycles. The van der Waals surface area contributed by atoms with Crippen molar-refractivity contribution in [2.45, 2.75) is 51.1 Å². The molecule has 2 rings (SSSR count). The van der Waals surface area contributed by atoms with E-state index in [2.05, 4.69) is 0 Å². The van der Waals surface area contributed by atoms with Crippen molar-refractivity contribution in [3.8, 4) is 0 Å². The zero-order valence-corrected chi connectivity index (χ0v) is 12.4. The molecule has 0 aromatic rings. The highest BCUT2D eigenvalue weighted by Crippen LogP contribution is 2.38. The van der Waals surface area contributed by atoms with Crippen molar-refractivity contribution in [1.29, 1.82) is 0 Å². The van der Waals surface area contributed by atoms with E-state index in [0.29, 0.717) is 12.8 Å². The highest BCUT2D eigenvalue weighted by Gasteiger charge is 2.53. The van der Waals surface area contributed by atoms with Crippen LogP contribution in [0.15, 0.2) is 0 Å². The number of carboxylic acid groups (broad SMARTS) is 1. The molecule has 126 valence electrons. The number of carbonyl (C=O) groups excluding carboxylic acids is 1. The lowest BCUT2D eigenvalue weighted by molar-refractivity contribution is -0.188. The molecule has 7 heteroatoms. The zero-order chi connectivity index (χ0) is 16.3. The number of hydrogen-bond donors (Lipinski definition) is 1. The maximum atomic E-state index is 13.0. The molecule has 0 bridgehead atoms. The summed E-state index contributed by atoms with van der Waals surface area (Å²) in [6.45, 7) is -0.843. The predicted molar refractivity (Wildman–Crippen MR) is 73.1 cm³/mol. The third-order valence-corrected chi connectivity index (χ3v) is 4.82. The topological polar surface area (TPSA) is 57.6 Å². The molecule has 0 unspecified atom stereocenters. The summed E-state index contributed by atoms with van der Waals surface area (Å²) in [6.07, 6.45) is 1.87. The number of aliphatic carboxylic acids is 1. The molecule has 2 aliphatic rings. The number of likely N-dealkylation sites (tertiary alicyclic amines) is 1. The van der Waals surface area contributed by atoms with Gasteiger partial charge in [0, 0.05) is 19.0 Å². The van der Waals surface area contributed by atoms with E-state index < -0.39 is 30.5 Å². The number of alkyl halides is 3. The Bertz CT molecular complexity index is 417. The highest BCUT2D eigenvalue weighted by molar-refractivity contribution is 5.81. The van der Waals surface area contributed by atoms with Gasteiger partial charge in [-0.2, -0.15) is 13.2 Å². The molecule has 0 radical (unpaired) electrons. The molecule has 0 aromatic carbocycles. The second-order valence-electron chi connectivity index (χ2n) is 6.38. The van der Waals surface area contributed by atoms with Crippen LogP contribution in [0, 0.1) is 17.8 Å². The van der Waals surface area contributed by atoms with Gasteiger partial charge < -0.3 is 10.0 Å². The van der Waals surface area contributed by atoms with E-state index in [-0.39, 0.29) is 18.4 Å². The minimum atomic E-state index is -4.58. The van der Waals surface area contributed by atoms with Gasteiger partial charge in [-0.1, -0.05) is 32.1 Å². The van der Waals surface area contributed by atoms with Crippen LogP contribution in [0.4, 0.5) is 13.2 Å². The van der Waals surface area contributed by atoms with Crippen LogP contribution in [-0.2, 0) is 9.59 Å². The first-order valence-electron chi connectivity index (χ1n) is 7.89. The number of hydrogen-bond acceptors (Lipinski definition) is 2. The molecule has 1 aliphatic heterocycles. The SMILES string of the molecule is O=C(O)[C@@H]1CN(C(=O)C2CCCCCCC2)C[C@H]1C(F)(F)F.